The summed E-state index contributed by atoms with van der Waals surface area (Å²) in [4.78, 5) is 23.3. The van der Waals surface area contributed by atoms with E-state index in [0.29, 0.717) is 6.07 Å². The zero-order valence-corrected chi connectivity index (χ0v) is 16.9. The number of nitro groups is 1. The van der Waals surface area contributed by atoms with Crippen molar-refractivity contribution in [2.45, 2.75) is 28.8 Å². The van der Waals surface area contributed by atoms with Crippen molar-refractivity contribution in [2.24, 2.45) is 0 Å². The summed E-state index contributed by atoms with van der Waals surface area (Å²) in [7, 11) is -3.47. The fourth-order valence-corrected chi connectivity index (χ4v) is 5.55. The lowest BCUT2D eigenvalue weighted by atomic mass is 10.2. The number of nitrogens with zero attached hydrogens (tertiary/aromatic N) is 2. The van der Waals surface area contributed by atoms with Gasteiger partial charge in [-0.25, -0.2) is 13.2 Å². The maximum absolute atomic E-state index is 13.4. The van der Waals surface area contributed by atoms with Crippen LogP contribution in [0.15, 0.2) is 53.4 Å². The Labute approximate surface area is 175 Å². The van der Waals surface area contributed by atoms with Gasteiger partial charge in [0.2, 0.25) is 0 Å². The van der Waals surface area contributed by atoms with Gasteiger partial charge in [0, 0.05) is 12.6 Å². The number of methoxy groups -OCH3 is 1. The molecule has 0 aromatic heterocycles. The van der Waals surface area contributed by atoms with Gasteiger partial charge in [0.1, 0.15) is 11.7 Å². The van der Waals surface area contributed by atoms with Gasteiger partial charge >= 0.3 is 12.1 Å². The number of benzene rings is 2. The number of para-hydroxylation sites is 2. The minimum atomic E-state index is -4.90. The first-order valence-electron chi connectivity index (χ1n) is 8.96. The van der Waals surface area contributed by atoms with E-state index in [2.05, 4.69) is 0 Å². The molecule has 31 heavy (non-hydrogen) atoms. The summed E-state index contributed by atoms with van der Waals surface area (Å²) < 4.78 is 71.1. The molecule has 2 atom stereocenters. The summed E-state index contributed by atoms with van der Waals surface area (Å²) in [5.41, 5.74) is -1.70. The van der Waals surface area contributed by atoms with Crippen LogP contribution in [0.5, 0.6) is 0 Å². The minimum absolute atomic E-state index is 0.0234. The van der Waals surface area contributed by atoms with Gasteiger partial charge < -0.3 is 9.64 Å². The quantitative estimate of drug-likeness (QED) is 0.385. The average Bonchev–Trinajstić information content (AvgIpc) is 3.18. The van der Waals surface area contributed by atoms with E-state index >= 15 is 0 Å². The highest BCUT2D eigenvalue weighted by molar-refractivity contribution is 7.92. The summed E-state index contributed by atoms with van der Waals surface area (Å²) >= 11 is 0. The number of esters is 1. The molecule has 2 aromatic carbocycles. The molecule has 166 valence electrons. The first-order chi connectivity index (χ1) is 14.5. The maximum atomic E-state index is 13.4. The molecule has 1 heterocycles. The highest BCUT2D eigenvalue weighted by Gasteiger charge is 2.47. The SMILES string of the molecule is COC(=O)C1CC(S(=O)(=O)c2ccccc2C(F)(F)F)CN1c1ccccc1[N+](=O)[O-]. The number of rotatable bonds is 5. The molecule has 8 nitrogen and oxygen atoms in total. The van der Waals surface area contributed by atoms with E-state index < -0.39 is 55.2 Å². The third-order valence-electron chi connectivity index (χ3n) is 5.06. The Balaban J connectivity index is 2.08. The van der Waals surface area contributed by atoms with E-state index in [9.17, 15) is 36.5 Å². The first kappa shape index (κ1) is 22.5. The van der Waals surface area contributed by atoms with Gasteiger partial charge in [0.15, 0.2) is 9.84 Å². The topological polar surface area (TPSA) is 107 Å². The van der Waals surface area contributed by atoms with Crippen molar-refractivity contribution in [3.8, 4) is 0 Å². The van der Waals surface area contributed by atoms with E-state index in [1.165, 1.54) is 35.2 Å². The number of hydrogen-bond donors (Lipinski definition) is 0. The molecule has 12 heteroatoms. The number of anilines is 1. The predicted molar refractivity (Wildman–Crippen MR) is 103 cm³/mol. The second kappa shape index (κ2) is 8.17. The molecule has 0 N–H and O–H groups in total. The smallest absolute Gasteiger partial charge is 0.417 e. The fourth-order valence-electron chi connectivity index (χ4n) is 3.64. The van der Waals surface area contributed by atoms with Gasteiger partial charge in [0.25, 0.3) is 5.69 Å². The average molecular weight is 458 g/mol. The van der Waals surface area contributed by atoms with Crippen LogP contribution in [0.2, 0.25) is 0 Å². The molecule has 0 bridgehead atoms. The Hall–Kier alpha value is -3.15. The van der Waals surface area contributed by atoms with Crippen LogP contribution in [0.4, 0.5) is 24.5 Å². The highest BCUT2D eigenvalue weighted by atomic mass is 32.2. The molecule has 1 fully saturated rings. The molecule has 0 amide bonds. The monoisotopic (exact) mass is 458 g/mol. The van der Waals surface area contributed by atoms with E-state index in [0.717, 1.165) is 19.2 Å². The molecular formula is C19H17F3N2O6S. The summed E-state index contributed by atoms with van der Waals surface area (Å²) in [5.74, 6) is -0.847. The zero-order valence-electron chi connectivity index (χ0n) is 16.1. The normalized spacial score (nSPS) is 19.3. The molecule has 0 aliphatic carbocycles. The number of ether oxygens (including phenoxy) is 1. The highest BCUT2D eigenvalue weighted by Crippen LogP contribution is 2.40. The second-order valence-corrected chi connectivity index (χ2v) is 9.03. The van der Waals surface area contributed by atoms with Crippen molar-refractivity contribution in [1.82, 2.24) is 0 Å². The first-order valence-corrected chi connectivity index (χ1v) is 10.5. The van der Waals surface area contributed by atoms with E-state index in [1.807, 2.05) is 0 Å². The maximum Gasteiger partial charge on any atom is 0.417 e. The number of sulfone groups is 1. The third kappa shape index (κ3) is 4.20. The summed E-state index contributed by atoms with van der Waals surface area (Å²) in [6, 6.07) is 7.96. The fraction of sp³-hybridized carbons (Fsp3) is 0.316. The number of nitro benzene ring substituents is 1. The van der Waals surface area contributed by atoms with Crippen LogP contribution in [0, 0.1) is 10.1 Å². The standard InChI is InChI=1S/C19H17F3N2O6S/c1-30-18(25)16-10-12(11-23(16)14-7-3-4-8-15(14)24(26)27)31(28,29)17-9-5-2-6-13(17)19(20,21)22/h2-9,12,16H,10-11H2,1H3. The van der Waals surface area contributed by atoms with Gasteiger partial charge in [0.05, 0.1) is 27.7 Å². The van der Waals surface area contributed by atoms with Crippen LogP contribution in [0.3, 0.4) is 0 Å². The van der Waals surface area contributed by atoms with Crippen LogP contribution in [-0.4, -0.2) is 44.3 Å². The number of halogens is 3. The number of carbonyl (C=O) groups is 1. The van der Waals surface area contributed by atoms with Gasteiger partial charge in [-0.05, 0) is 24.6 Å². The van der Waals surface area contributed by atoms with E-state index in [1.54, 1.807) is 0 Å². The van der Waals surface area contributed by atoms with E-state index in [-0.39, 0.29) is 17.8 Å². The van der Waals surface area contributed by atoms with Crippen LogP contribution in [-0.2, 0) is 25.5 Å². The van der Waals surface area contributed by atoms with Crippen LogP contribution < -0.4 is 4.90 Å². The molecular weight excluding hydrogens is 441 g/mol. The third-order valence-corrected chi connectivity index (χ3v) is 7.25. The molecule has 1 aliphatic rings. The van der Waals surface area contributed by atoms with Crippen LogP contribution in [0.25, 0.3) is 0 Å². The van der Waals surface area contributed by atoms with Crippen molar-refractivity contribution in [1.29, 1.82) is 0 Å². The molecule has 0 saturated carbocycles. The van der Waals surface area contributed by atoms with Gasteiger partial charge in [-0.2, -0.15) is 13.2 Å². The molecule has 1 aliphatic heterocycles. The zero-order chi connectivity index (χ0) is 23.0. The van der Waals surface area contributed by atoms with E-state index in [4.69, 9.17) is 4.74 Å². The summed E-state index contributed by atoms with van der Waals surface area (Å²) in [6.45, 7) is -0.418. The molecule has 0 spiro atoms. The molecule has 2 aromatic rings. The molecule has 1 saturated heterocycles. The second-order valence-electron chi connectivity index (χ2n) is 6.83. The van der Waals surface area contributed by atoms with Gasteiger partial charge in [-0.3, -0.25) is 10.1 Å². The Morgan fingerprint density at radius 3 is 2.39 bits per heavy atom. The summed E-state index contributed by atoms with van der Waals surface area (Å²) in [5, 5.41) is 9.98. The lowest BCUT2D eigenvalue weighted by Gasteiger charge is -2.24. The lowest BCUT2D eigenvalue weighted by molar-refractivity contribution is -0.384. The molecule has 3 rings (SSSR count). The summed E-state index contributed by atoms with van der Waals surface area (Å²) in [6.07, 6.45) is -5.28. The van der Waals surface area contributed by atoms with Crippen molar-refractivity contribution in [2.75, 3.05) is 18.6 Å². The molecule has 0 radical (unpaired) electrons. The van der Waals surface area contributed by atoms with Gasteiger partial charge in [-0.1, -0.05) is 24.3 Å². The molecule has 2 unspecified atom stereocenters. The number of hydrogen-bond acceptors (Lipinski definition) is 7. The van der Waals surface area contributed by atoms with Crippen LogP contribution >= 0.6 is 0 Å². The van der Waals surface area contributed by atoms with Gasteiger partial charge in [-0.15, -0.1) is 0 Å². The Kier molecular flexibility index (Phi) is 5.94. The Bertz CT molecular complexity index is 1120. The van der Waals surface area contributed by atoms with Crippen LogP contribution in [0.1, 0.15) is 12.0 Å². The minimum Gasteiger partial charge on any atom is -0.467 e. The van der Waals surface area contributed by atoms with Crippen molar-refractivity contribution < 1.29 is 36.0 Å². The Morgan fingerprint density at radius 1 is 1.16 bits per heavy atom. The Morgan fingerprint density at radius 2 is 1.77 bits per heavy atom. The number of alkyl halides is 3. The van der Waals surface area contributed by atoms with Crippen molar-refractivity contribution >= 4 is 27.2 Å². The largest absolute Gasteiger partial charge is 0.467 e. The van der Waals surface area contributed by atoms with Crippen molar-refractivity contribution in [3.63, 3.8) is 0 Å². The lowest BCUT2D eigenvalue weighted by Crippen LogP contribution is -2.37. The predicted octanol–water partition coefficient (Wildman–Crippen LogP) is 3.21. The van der Waals surface area contributed by atoms with Crippen molar-refractivity contribution in [3.05, 3.63) is 64.2 Å². The number of carbonyl (C=O) groups excluding carboxylic acids is 1.